The fraction of sp³-hybridized carbons (Fsp3) is 0.714. The summed E-state index contributed by atoms with van der Waals surface area (Å²) in [4.78, 5) is 11.2. The minimum Gasteiger partial charge on any atom is -0.395 e. The second-order valence-electron chi connectivity index (χ2n) is 5.16. The van der Waals surface area contributed by atoms with Gasteiger partial charge in [-0.15, -0.1) is 0 Å². The van der Waals surface area contributed by atoms with Gasteiger partial charge >= 0.3 is 0 Å². The van der Waals surface area contributed by atoms with Gasteiger partial charge in [-0.05, 0) is 26.2 Å². The van der Waals surface area contributed by atoms with Gasteiger partial charge in [0, 0.05) is 24.6 Å². The first-order valence-electron chi connectivity index (χ1n) is 7.07. The van der Waals surface area contributed by atoms with Crippen LogP contribution in [0.1, 0.15) is 49.9 Å². The number of aliphatic hydroxyl groups excluding tert-OH is 1. The Labute approximate surface area is 119 Å². The number of aromatic nitrogens is 2. The SMILES string of the molecule is CCCCN(CCO)c1nc(C2CC2)nc(Cl)c1C. The fourth-order valence-electron chi connectivity index (χ4n) is 2.12. The Morgan fingerprint density at radius 2 is 2.05 bits per heavy atom. The first-order valence-corrected chi connectivity index (χ1v) is 7.45. The van der Waals surface area contributed by atoms with Gasteiger partial charge in [0.2, 0.25) is 0 Å². The minimum absolute atomic E-state index is 0.129. The summed E-state index contributed by atoms with van der Waals surface area (Å²) in [6.07, 6.45) is 4.52. The second-order valence-corrected chi connectivity index (χ2v) is 5.52. The molecule has 106 valence electrons. The maximum atomic E-state index is 9.23. The third-order valence-electron chi connectivity index (χ3n) is 3.47. The van der Waals surface area contributed by atoms with Crippen molar-refractivity contribution >= 4 is 17.4 Å². The van der Waals surface area contributed by atoms with Crippen LogP contribution in [0, 0.1) is 6.92 Å². The number of nitrogens with zero attached hydrogens (tertiary/aromatic N) is 3. The molecule has 1 heterocycles. The quantitative estimate of drug-likeness (QED) is 0.782. The highest BCUT2D eigenvalue weighted by atomic mass is 35.5. The standard InChI is InChI=1S/C14H22ClN3O/c1-3-4-7-18(8-9-19)14-10(2)12(15)16-13(17-14)11-5-6-11/h11,19H,3-9H2,1-2H3. The molecular formula is C14H22ClN3O. The van der Waals surface area contributed by atoms with Crippen LogP contribution >= 0.6 is 11.6 Å². The van der Waals surface area contributed by atoms with Crippen LogP contribution in [0.2, 0.25) is 5.15 Å². The molecule has 0 aliphatic heterocycles. The summed E-state index contributed by atoms with van der Waals surface area (Å²) in [5.74, 6) is 2.24. The molecular weight excluding hydrogens is 262 g/mol. The van der Waals surface area contributed by atoms with Gasteiger partial charge in [0.25, 0.3) is 0 Å². The average Bonchev–Trinajstić information content (AvgIpc) is 3.22. The molecule has 1 aliphatic rings. The van der Waals surface area contributed by atoms with Crippen molar-refractivity contribution in [2.75, 3.05) is 24.6 Å². The zero-order valence-electron chi connectivity index (χ0n) is 11.7. The molecule has 19 heavy (non-hydrogen) atoms. The Hall–Kier alpha value is -0.870. The van der Waals surface area contributed by atoms with E-state index in [9.17, 15) is 5.11 Å². The third kappa shape index (κ3) is 3.57. The Balaban J connectivity index is 2.27. The highest BCUT2D eigenvalue weighted by Crippen LogP contribution is 2.39. The molecule has 1 N–H and O–H groups in total. The number of unbranched alkanes of at least 4 members (excludes halogenated alkanes) is 1. The normalized spacial score (nSPS) is 14.7. The zero-order chi connectivity index (χ0) is 13.8. The molecule has 2 rings (SSSR count). The Morgan fingerprint density at radius 1 is 1.32 bits per heavy atom. The van der Waals surface area contributed by atoms with E-state index >= 15 is 0 Å². The van der Waals surface area contributed by atoms with E-state index < -0.39 is 0 Å². The Bertz CT molecular complexity index is 435. The van der Waals surface area contributed by atoms with Crippen LogP contribution in [0.15, 0.2) is 0 Å². The smallest absolute Gasteiger partial charge is 0.137 e. The van der Waals surface area contributed by atoms with Gasteiger partial charge in [-0.3, -0.25) is 0 Å². The lowest BCUT2D eigenvalue weighted by atomic mass is 10.2. The first kappa shape index (κ1) is 14.5. The monoisotopic (exact) mass is 283 g/mol. The summed E-state index contributed by atoms with van der Waals surface area (Å²) >= 11 is 6.23. The molecule has 0 aromatic carbocycles. The topological polar surface area (TPSA) is 49.2 Å². The van der Waals surface area contributed by atoms with Crippen molar-refractivity contribution in [3.05, 3.63) is 16.5 Å². The maximum absolute atomic E-state index is 9.23. The Morgan fingerprint density at radius 3 is 2.63 bits per heavy atom. The number of anilines is 1. The summed E-state index contributed by atoms with van der Waals surface area (Å²) in [7, 11) is 0. The lowest BCUT2D eigenvalue weighted by molar-refractivity contribution is 0.301. The van der Waals surface area contributed by atoms with E-state index in [1.807, 2.05) is 6.92 Å². The number of hydrogen-bond acceptors (Lipinski definition) is 4. The number of aliphatic hydroxyl groups is 1. The van der Waals surface area contributed by atoms with Gasteiger partial charge in [0.05, 0.1) is 6.61 Å². The van der Waals surface area contributed by atoms with Gasteiger partial charge < -0.3 is 10.0 Å². The van der Waals surface area contributed by atoms with Gasteiger partial charge in [-0.25, -0.2) is 9.97 Å². The van der Waals surface area contributed by atoms with Crippen LogP contribution in [-0.2, 0) is 0 Å². The largest absolute Gasteiger partial charge is 0.395 e. The van der Waals surface area contributed by atoms with Crippen molar-refractivity contribution in [3.8, 4) is 0 Å². The molecule has 0 atom stereocenters. The summed E-state index contributed by atoms with van der Waals surface area (Å²) in [6.45, 7) is 5.73. The van der Waals surface area contributed by atoms with E-state index in [1.165, 1.54) is 0 Å². The summed E-state index contributed by atoms with van der Waals surface area (Å²) in [5.41, 5.74) is 0.913. The molecule has 1 aromatic heterocycles. The second kappa shape index (κ2) is 6.53. The minimum atomic E-state index is 0.129. The molecule has 0 amide bonds. The molecule has 0 unspecified atom stereocenters. The van der Waals surface area contributed by atoms with Crippen LogP contribution in [-0.4, -0.2) is 34.8 Å². The molecule has 4 nitrogen and oxygen atoms in total. The zero-order valence-corrected chi connectivity index (χ0v) is 12.4. The van der Waals surface area contributed by atoms with Crippen molar-refractivity contribution < 1.29 is 5.11 Å². The molecule has 0 saturated heterocycles. The molecule has 0 spiro atoms. The van der Waals surface area contributed by atoms with Crippen LogP contribution in [0.5, 0.6) is 0 Å². The molecule has 0 bridgehead atoms. The predicted octanol–water partition coefficient (Wildman–Crippen LogP) is 2.91. The summed E-state index contributed by atoms with van der Waals surface area (Å²) in [5, 5.41) is 9.78. The highest BCUT2D eigenvalue weighted by molar-refractivity contribution is 6.30. The van der Waals surface area contributed by atoms with Gasteiger partial charge in [0.1, 0.15) is 16.8 Å². The summed E-state index contributed by atoms with van der Waals surface area (Å²) in [6, 6.07) is 0. The van der Waals surface area contributed by atoms with Crippen molar-refractivity contribution in [2.45, 2.75) is 45.4 Å². The van der Waals surface area contributed by atoms with Crippen LogP contribution in [0.3, 0.4) is 0 Å². The molecule has 1 saturated carbocycles. The summed E-state index contributed by atoms with van der Waals surface area (Å²) < 4.78 is 0. The molecule has 1 aliphatic carbocycles. The Kier molecular flexibility index (Phi) is 4.99. The van der Waals surface area contributed by atoms with Crippen LogP contribution in [0.25, 0.3) is 0 Å². The molecule has 5 heteroatoms. The average molecular weight is 284 g/mol. The van der Waals surface area contributed by atoms with Crippen molar-refractivity contribution in [2.24, 2.45) is 0 Å². The third-order valence-corrected chi connectivity index (χ3v) is 3.84. The number of halogens is 1. The molecule has 1 fully saturated rings. The molecule has 1 aromatic rings. The predicted molar refractivity (Wildman–Crippen MR) is 78.0 cm³/mol. The van der Waals surface area contributed by atoms with Crippen LogP contribution in [0.4, 0.5) is 5.82 Å². The maximum Gasteiger partial charge on any atom is 0.137 e. The number of hydrogen-bond donors (Lipinski definition) is 1. The van der Waals surface area contributed by atoms with E-state index in [2.05, 4.69) is 21.8 Å². The van der Waals surface area contributed by atoms with Gasteiger partial charge in [-0.1, -0.05) is 24.9 Å². The fourth-order valence-corrected chi connectivity index (χ4v) is 2.29. The van der Waals surface area contributed by atoms with Gasteiger partial charge in [0.15, 0.2) is 0 Å². The van der Waals surface area contributed by atoms with E-state index in [4.69, 9.17) is 11.6 Å². The lowest BCUT2D eigenvalue weighted by Crippen LogP contribution is -2.30. The van der Waals surface area contributed by atoms with E-state index in [1.54, 1.807) is 0 Å². The van der Waals surface area contributed by atoms with Crippen molar-refractivity contribution in [3.63, 3.8) is 0 Å². The van der Waals surface area contributed by atoms with Crippen molar-refractivity contribution in [1.82, 2.24) is 9.97 Å². The number of rotatable bonds is 7. The van der Waals surface area contributed by atoms with Crippen LogP contribution < -0.4 is 4.90 Å². The lowest BCUT2D eigenvalue weighted by Gasteiger charge is -2.25. The molecule has 0 radical (unpaired) electrons. The first-order chi connectivity index (χ1) is 9.17. The van der Waals surface area contributed by atoms with E-state index in [0.717, 1.165) is 49.4 Å². The van der Waals surface area contributed by atoms with E-state index in [0.29, 0.717) is 17.6 Å². The van der Waals surface area contributed by atoms with Gasteiger partial charge in [-0.2, -0.15) is 0 Å². The highest BCUT2D eigenvalue weighted by Gasteiger charge is 2.28. The van der Waals surface area contributed by atoms with Crippen molar-refractivity contribution in [1.29, 1.82) is 0 Å². The van der Waals surface area contributed by atoms with E-state index in [-0.39, 0.29) is 6.61 Å².